The fourth-order valence-corrected chi connectivity index (χ4v) is 3.40. The van der Waals surface area contributed by atoms with E-state index in [0.29, 0.717) is 6.04 Å². The van der Waals surface area contributed by atoms with Gasteiger partial charge in [-0.1, -0.05) is 0 Å². The van der Waals surface area contributed by atoms with E-state index in [1.54, 1.807) is 11.3 Å². The number of aromatic nitrogens is 1. The SMILES string of the molecule is CCNC(=NCC(C)N(C)C1CC1)NCCc1nc(C)c(C)s1. The number of hydrogen-bond acceptors (Lipinski definition) is 4. The first-order chi connectivity index (χ1) is 11.0. The summed E-state index contributed by atoms with van der Waals surface area (Å²) in [6.07, 6.45) is 3.63. The number of nitrogens with one attached hydrogen (secondary N) is 2. The van der Waals surface area contributed by atoms with Crippen LogP contribution in [0.25, 0.3) is 0 Å². The number of thiazole rings is 1. The Bertz CT molecular complexity index is 502. The summed E-state index contributed by atoms with van der Waals surface area (Å²) in [5, 5.41) is 7.95. The Morgan fingerprint density at radius 2 is 2.13 bits per heavy atom. The summed E-state index contributed by atoms with van der Waals surface area (Å²) in [6, 6.07) is 1.27. The Morgan fingerprint density at radius 1 is 1.39 bits per heavy atom. The highest BCUT2D eigenvalue weighted by molar-refractivity contribution is 7.11. The number of hydrogen-bond donors (Lipinski definition) is 2. The number of aryl methyl sites for hydroxylation is 2. The van der Waals surface area contributed by atoms with Crippen molar-refractivity contribution in [3.05, 3.63) is 15.6 Å². The topological polar surface area (TPSA) is 52.6 Å². The van der Waals surface area contributed by atoms with E-state index in [9.17, 15) is 0 Å². The number of aliphatic imine (C=N–C) groups is 1. The highest BCUT2D eigenvalue weighted by Crippen LogP contribution is 2.26. The molecule has 23 heavy (non-hydrogen) atoms. The van der Waals surface area contributed by atoms with Gasteiger partial charge in [-0.3, -0.25) is 9.89 Å². The molecular formula is C17H31N5S. The Kier molecular flexibility index (Phi) is 6.84. The summed E-state index contributed by atoms with van der Waals surface area (Å²) in [6.45, 7) is 11.1. The highest BCUT2D eigenvalue weighted by atomic mass is 32.1. The van der Waals surface area contributed by atoms with Crippen LogP contribution in [0.5, 0.6) is 0 Å². The van der Waals surface area contributed by atoms with E-state index in [1.165, 1.54) is 22.7 Å². The standard InChI is InChI=1S/C17H31N5S/c1-6-18-17(20-11-12(2)22(5)15-7-8-15)19-10-9-16-21-13(3)14(4)23-16/h12,15H,6-11H2,1-5H3,(H2,18,19,20). The van der Waals surface area contributed by atoms with E-state index < -0.39 is 0 Å². The van der Waals surface area contributed by atoms with Gasteiger partial charge in [0, 0.05) is 36.5 Å². The number of guanidine groups is 1. The van der Waals surface area contributed by atoms with Crippen LogP contribution in [0.2, 0.25) is 0 Å². The van der Waals surface area contributed by atoms with Crippen LogP contribution in [0.4, 0.5) is 0 Å². The monoisotopic (exact) mass is 337 g/mol. The van der Waals surface area contributed by atoms with Gasteiger partial charge in [-0.05, 0) is 47.6 Å². The van der Waals surface area contributed by atoms with Crippen molar-refractivity contribution in [2.45, 2.75) is 59.0 Å². The van der Waals surface area contributed by atoms with Gasteiger partial charge < -0.3 is 10.6 Å². The molecule has 2 N–H and O–H groups in total. The van der Waals surface area contributed by atoms with Crippen LogP contribution in [-0.2, 0) is 6.42 Å². The van der Waals surface area contributed by atoms with Crippen molar-refractivity contribution in [1.29, 1.82) is 0 Å². The normalized spacial score (nSPS) is 16.7. The van der Waals surface area contributed by atoms with Gasteiger partial charge >= 0.3 is 0 Å². The number of nitrogens with zero attached hydrogens (tertiary/aromatic N) is 3. The zero-order valence-electron chi connectivity index (χ0n) is 15.1. The van der Waals surface area contributed by atoms with E-state index in [1.807, 2.05) is 0 Å². The average molecular weight is 338 g/mol. The van der Waals surface area contributed by atoms with Gasteiger partial charge in [-0.25, -0.2) is 4.98 Å². The third kappa shape index (κ3) is 5.77. The predicted molar refractivity (Wildman–Crippen MR) is 99.5 cm³/mol. The largest absolute Gasteiger partial charge is 0.357 e. The quantitative estimate of drug-likeness (QED) is 0.565. The third-order valence-corrected chi connectivity index (χ3v) is 5.51. The number of likely N-dealkylation sites (N-methyl/N-ethyl adjacent to an activating group) is 1. The van der Waals surface area contributed by atoms with Gasteiger partial charge in [-0.2, -0.15) is 0 Å². The van der Waals surface area contributed by atoms with E-state index in [-0.39, 0.29) is 0 Å². The first-order valence-electron chi connectivity index (χ1n) is 8.68. The summed E-state index contributed by atoms with van der Waals surface area (Å²) < 4.78 is 0. The van der Waals surface area contributed by atoms with E-state index in [0.717, 1.165) is 43.8 Å². The average Bonchev–Trinajstić information content (AvgIpc) is 3.31. The van der Waals surface area contributed by atoms with Crippen LogP contribution < -0.4 is 10.6 Å². The summed E-state index contributed by atoms with van der Waals surface area (Å²) in [4.78, 5) is 13.1. The van der Waals surface area contributed by atoms with Gasteiger partial charge in [0.2, 0.25) is 0 Å². The second kappa shape index (κ2) is 8.64. The maximum atomic E-state index is 4.73. The molecule has 1 aromatic rings. The Morgan fingerprint density at radius 3 is 2.70 bits per heavy atom. The molecule has 1 aliphatic carbocycles. The van der Waals surface area contributed by atoms with Crippen LogP contribution in [0, 0.1) is 13.8 Å². The second-order valence-corrected chi connectivity index (χ2v) is 7.68. The Hall–Kier alpha value is -1.14. The molecule has 1 aromatic heterocycles. The molecule has 1 heterocycles. The lowest BCUT2D eigenvalue weighted by atomic mass is 10.3. The first-order valence-corrected chi connectivity index (χ1v) is 9.50. The van der Waals surface area contributed by atoms with Gasteiger partial charge in [0.1, 0.15) is 0 Å². The Labute approximate surface area is 144 Å². The van der Waals surface area contributed by atoms with Crippen molar-refractivity contribution in [2.24, 2.45) is 4.99 Å². The molecule has 6 heteroatoms. The van der Waals surface area contributed by atoms with Crippen molar-refractivity contribution in [1.82, 2.24) is 20.5 Å². The minimum Gasteiger partial charge on any atom is -0.357 e. The molecule has 1 unspecified atom stereocenters. The van der Waals surface area contributed by atoms with E-state index in [2.05, 4.69) is 55.3 Å². The van der Waals surface area contributed by atoms with Gasteiger partial charge in [0.25, 0.3) is 0 Å². The minimum absolute atomic E-state index is 0.488. The van der Waals surface area contributed by atoms with Crippen molar-refractivity contribution >= 4 is 17.3 Å². The maximum Gasteiger partial charge on any atom is 0.191 e. The van der Waals surface area contributed by atoms with Gasteiger partial charge in [0.15, 0.2) is 5.96 Å². The molecule has 5 nitrogen and oxygen atoms in total. The van der Waals surface area contributed by atoms with Crippen LogP contribution in [0.3, 0.4) is 0 Å². The molecular weight excluding hydrogens is 306 g/mol. The van der Waals surface area contributed by atoms with Gasteiger partial charge in [0.05, 0.1) is 17.2 Å². The molecule has 130 valence electrons. The second-order valence-electron chi connectivity index (χ2n) is 6.39. The third-order valence-electron chi connectivity index (χ3n) is 4.38. The van der Waals surface area contributed by atoms with Crippen molar-refractivity contribution < 1.29 is 0 Å². The van der Waals surface area contributed by atoms with Crippen LogP contribution in [0.15, 0.2) is 4.99 Å². The molecule has 0 radical (unpaired) electrons. The summed E-state index contributed by atoms with van der Waals surface area (Å²) in [5.41, 5.74) is 1.16. The molecule has 1 atom stereocenters. The van der Waals surface area contributed by atoms with Crippen LogP contribution >= 0.6 is 11.3 Å². The summed E-state index contributed by atoms with van der Waals surface area (Å²) >= 11 is 1.79. The molecule has 0 aromatic carbocycles. The van der Waals surface area contributed by atoms with Crippen molar-refractivity contribution in [3.63, 3.8) is 0 Å². The molecule has 0 bridgehead atoms. The van der Waals surface area contributed by atoms with Crippen LogP contribution in [0.1, 0.15) is 42.3 Å². The summed E-state index contributed by atoms with van der Waals surface area (Å²) in [7, 11) is 2.21. The molecule has 2 rings (SSSR count). The zero-order valence-corrected chi connectivity index (χ0v) is 16.0. The molecule has 1 saturated carbocycles. The predicted octanol–water partition coefficient (Wildman–Crippen LogP) is 2.34. The molecule has 0 amide bonds. The van der Waals surface area contributed by atoms with Crippen molar-refractivity contribution in [2.75, 3.05) is 26.7 Å². The highest BCUT2D eigenvalue weighted by Gasteiger charge is 2.28. The maximum absolute atomic E-state index is 4.73. The lowest BCUT2D eigenvalue weighted by molar-refractivity contribution is 0.253. The lowest BCUT2D eigenvalue weighted by Gasteiger charge is -2.23. The zero-order chi connectivity index (χ0) is 16.8. The van der Waals surface area contributed by atoms with E-state index in [4.69, 9.17) is 4.99 Å². The Balaban J connectivity index is 1.78. The molecule has 0 spiro atoms. The summed E-state index contributed by atoms with van der Waals surface area (Å²) in [5.74, 6) is 0.911. The molecule has 1 fully saturated rings. The lowest BCUT2D eigenvalue weighted by Crippen LogP contribution is -2.40. The molecule has 1 aliphatic rings. The molecule has 0 saturated heterocycles. The fourth-order valence-electron chi connectivity index (χ4n) is 2.47. The van der Waals surface area contributed by atoms with Gasteiger partial charge in [-0.15, -0.1) is 11.3 Å². The number of rotatable bonds is 8. The minimum atomic E-state index is 0.488. The smallest absolute Gasteiger partial charge is 0.191 e. The van der Waals surface area contributed by atoms with E-state index >= 15 is 0 Å². The van der Waals surface area contributed by atoms with Crippen LogP contribution in [-0.4, -0.2) is 54.6 Å². The first kappa shape index (κ1) is 18.2. The van der Waals surface area contributed by atoms with Crippen molar-refractivity contribution in [3.8, 4) is 0 Å². The fraction of sp³-hybridized carbons (Fsp3) is 0.765. The molecule has 0 aliphatic heterocycles.